The third-order valence-electron chi connectivity index (χ3n) is 4.45. The first kappa shape index (κ1) is 17.2. The van der Waals surface area contributed by atoms with Gasteiger partial charge in [-0.05, 0) is 43.7 Å². The van der Waals surface area contributed by atoms with Gasteiger partial charge in [0.2, 0.25) is 0 Å². The highest BCUT2D eigenvalue weighted by atomic mass is 35.5. The smallest absolute Gasteiger partial charge is 0.179 e. The van der Waals surface area contributed by atoms with E-state index in [1.807, 2.05) is 0 Å². The number of likely N-dealkylation sites (tertiary alicyclic amines) is 1. The van der Waals surface area contributed by atoms with E-state index < -0.39 is 9.84 Å². The van der Waals surface area contributed by atoms with E-state index in [-0.39, 0.29) is 18.1 Å². The summed E-state index contributed by atoms with van der Waals surface area (Å²) in [5.41, 5.74) is 0. The van der Waals surface area contributed by atoms with Gasteiger partial charge in [-0.1, -0.05) is 18.0 Å². The van der Waals surface area contributed by atoms with Gasteiger partial charge in [0.1, 0.15) is 0 Å². The standard InChI is InChI=1S/C16H22ClNO4S/c17-13-4-6-14(7-5-13)23(19,20)12-9-18-8-2-1-3-15(18)16-21-10-11-22-16/h4-7,15-16H,1-3,8-12H2. The molecule has 0 saturated carbocycles. The highest BCUT2D eigenvalue weighted by Gasteiger charge is 2.34. The van der Waals surface area contributed by atoms with Crippen molar-refractivity contribution in [3.05, 3.63) is 29.3 Å². The Morgan fingerprint density at radius 1 is 1.13 bits per heavy atom. The number of hydrogen-bond donors (Lipinski definition) is 0. The average Bonchev–Trinajstić information content (AvgIpc) is 3.08. The van der Waals surface area contributed by atoms with Gasteiger partial charge >= 0.3 is 0 Å². The molecule has 0 aromatic heterocycles. The molecule has 1 aromatic rings. The minimum Gasteiger partial charge on any atom is -0.349 e. The maximum atomic E-state index is 12.5. The number of halogens is 1. The summed E-state index contributed by atoms with van der Waals surface area (Å²) in [6, 6.07) is 6.51. The number of ether oxygens (including phenoxy) is 2. The van der Waals surface area contributed by atoms with E-state index in [0.717, 1.165) is 25.8 Å². The van der Waals surface area contributed by atoms with Gasteiger partial charge in [-0.25, -0.2) is 8.42 Å². The fraction of sp³-hybridized carbons (Fsp3) is 0.625. The molecule has 0 bridgehead atoms. The van der Waals surface area contributed by atoms with Crippen LogP contribution in [-0.2, 0) is 19.3 Å². The van der Waals surface area contributed by atoms with Crippen molar-refractivity contribution in [3.8, 4) is 0 Å². The number of piperidine rings is 1. The molecule has 5 nitrogen and oxygen atoms in total. The quantitative estimate of drug-likeness (QED) is 0.807. The predicted octanol–water partition coefficient (Wildman–Crippen LogP) is 2.34. The van der Waals surface area contributed by atoms with E-state index >= 15 is 0 Å². The molecule has 0 amide bonds. The van der Waals surface area contributed by atoms with Gasteiger partial charge in [-0.15, -0.1) is 0 Å². The second kappa shape index (κ2) is 7.49. The highest BCUT2D eigenvalue weighted by Crippen LogP contribution is 2.25. The zero-order valence-corrected chi connectivity index (χ0v) is 14.6. The molecule has 128 valence electrons. The molecule has 7 heteroatoms. The van der Waals surface area contributed by atoms with Crippen LogP contribution in [0.5, 0.6) is 0 Å². The molecule has 0 N–H and O–H groups in total. The van der Waals surface area contributed by atoms with Crippen LogP contribution >= 0.6 is 11.6 Å². The van der Waals surface area contributed by atoms with Crippen LogP contribution in [0.15, 0.2) is 29.2 Å². The molecular weight excluding hydrogens is 338 g/mol. The number of benzene rings is 1. The zero-order valence-electron chi connectivity index (χ0n) is 13.0. The molecule has 1 atom stereocenters. The lowest BCUT2D eigenvalue weighted by molar-refractivity contribution is -0.107. The fourth-order valence-electron chi connectivity index (χ4n) is 3.20. The summed E-state index contributed by atoms with van der Waals surface area (Å²) in [6.45, 7) is 2.64. The average molecular weight is 360 g/mol. The molecule has 23 heavy (non-hydrogen) atoms. The lowest BCUT2D eigenvalue weighted by atomic mass is 10.0. The first-order valence-corrected chi connectivity index (χ1v) is 10.0. The van der Waals surface area contributed by atoms with Gasteiger partial charge in [0.05, 0.1) is 29.9 Å². The van der Waals surface area contributed by atoms with Crippen molar-refractivity contribution in [3.63, 3.8) is 0 Å². The summed E-state index contributed by atoms with van der Waals surface area (Å²) in [4.78, 5) is 2.52. The molecule has 0 radical (unpaired) electrons. The summed E-state index contributed by atoms with van der Waals surface area (Å²) in [5.74, 6) is 0.0951. The molecule has 3 rings (SSSR count). The molecule has 2 aliphatic rings. The van der Waals surface area contributed by atoms with Gasteiger partial charge in [-0.2, -0.15) is 0 Å². The molecule has 2 saturated heterocycles. The minimum atomic E-state index is -3.31. The van der Waals surface area contributed by atoms with E-state index in [1.54, 1.807) is 24.3 Å². The van der Waals surface area contributed by atoms with E-state index in [1.165, 1.54) is 0 Å². The second-order valence-electron chi connectivity index (χ2n) is 5.98. The maximum Gasteiger partial charge on any atom is 0.179 e. The van der Waals surface area contributed by atoms with Crippen molar-refractivity contribution in [2.75, 3.05) is 32.1 Å². The summed E-state index contributed by atoms with van der Waals surface area (Å²) in [7, 11) is -3.31. The van der Waals surface area contributed by atoms with Crippen LogP contribution < -0.4 is 0 Å². The van der Waals surface area contributed by atoms with E-state index in [9.17, 15) is 8.42 Å². The van der Waals surface area contributed by atoms with Gasteiger partial charge in [0.15, 0.2) is 16.1 Å². The van der Waals surface area contributed by atoms with Crippen LogP contribution in [0.2, 0.25) is 5.02 Å². The number of hydrogen-bond acceptors (Lipinski definition) is 5. The maximum absolute atomic E-state index is 12.5. The predicted molar refractivity (Wildman–Crippen MR) is 88.4 cm³/mol. The Hall–Kier alpha value is -0.660. The van der Waals surface area contributed by atoms with Crippen LogP contribution in [0.25, 0.3) is 0 Å². The van der Waals surface area contributed by atoms with Crippen molar-refractivity contribution in [1.29, 1.82) is 0 Å². The molecule has 0 aliphatic carbocycles. The summed E-state index contributed by atoms with van der Waals surface area (Å²) in [5, 5.41) is 0.538. The Balaban J connectivity index is 1.64. The molecule has 1 aromatic carbocycles. The lowest BCUT2D eigenvalue weighted by Gasteiger charge is -2.37. The van der Waals surface area contributed by atoms with Crippen LogP contribution in [0, 0.1) is 0 Å². The van der Waals surface area contributed by atoms with Crippen molar-refractivity contribution in [1.82, 2.24) is 4.90 Å². The summed E-state index contributed by atoms with van der Waals surface area (Å²) in [6.07, 6.45) is 3.00. The van der Waals surface area contributed by atoms with Gasteiger partial charge < -0.3 is 9.47 Å². The van der Waals surface area contributed by atoms with Gasteiger partial charge in [-0.3, -0.25) is 4.90 Å². The van der Waals surface area contributed by atoms with Crippen molar-refractivity contribution in [2.45, 2.75) is 36.5 Å². The van der Waals surface area contributed by atoms with Crippen LogP contribution in [-0.4, -0.2) is 57.7 Å². The van der Waals surface area contributed by atoms with E-state index in [2.05, 4.69) is 4.90 Å². The number of nitrogens with zero attached hydrogens (tertiary/aromatic N) is 1. The zero-order chi connectivity index (χ0) is 16.3. The Kier molecular flexibility index (Phi) is 5.59. The van der Waals surface area contributed by atoms with Crippen molar-refractivity contribution in [2.24, 2.45) is 0 Å². The van der Waals surface area contributed by atoms with Gasteiger partial charge in [0.25, 0.3) is 0 Å². The molecule has 2 heterocycles. The van der Waals surface area contributed by atoms with Crippen molar-refractivity contribution < 1.29 is 17.9 Å². The van der Waals surface area contributed by atoms with Gasteiger partial charge in [0, 0.05) is 11.6 Å². The molecule has 2 aliphatic heterocycles. The summed E-state index contributed by atoms with van der Waals surface area (Å²) >= 11 is 5.82. The van der Waals surface area contributed by atoms with Crippen LogP contribution in [0.3, 0.4) is 0 Å². The Labute approximate surface area is 142 Å². The Morgan fingerprint density at radius 3 is 2.52 bits per heavy atom. The minimum absolute atomic E-state index is 0.0951. The lowest BCUT2D eigenvalue weighted by Crippen LogP contribution is -2.48. The first-order chi connectivity index (χ1) is 11.1. The first-order valence-electron chi connectivity index (χ1n) is 8.02. The highest BCUT2D eigenvalue weighted by molar-refractivity contribution is 7.91. The Bertz CT molecular complexity index is 613. The van der Waals surface area contributed by atoms with E-state index in [4.69, 9.17) is 21.1 Å². The molecule has 2 fully saturated rings. The molecule has 1 unspecified atom stereocenters. The Morgan fingerprint density at radius 2 is 1.83 bits per heavy atom. The fourth-order valence-corrected chi connectivity index (χ4v) is 4.59. The second-order valence-corrected chi connectivity index (χ2v) is 8.53. The molecule has 0 spiro atoms. The topological polar surface area (TPSA) is 55.8 Å². The normalized spacial score (nSPS) is 24.1. The van der Waals surface area contributed by atoms with Crippen molar-refractivity contribution >= 4 is 21.4 Å². The molecular formula is C16H22ClNO4S. The summed E-state index contributed by atoms with van der Waals surface area (Å²) < 4.78 is 36.2. The third-order valence-corrected chi connectivity index (χ3v) is 6.41. The largest absolute Gasteiger partial charge is 0.349 e. The van der Waals surface area contributed by atoms with Crippen LogP contribution in [0.4, 0.5) is 0 Å². The number of sulfone groups is 1. The SMILES string of the molecule is O=S(=O)(CCN1CCCCC1C1OCCO1)c1ccc(Cl)cc1. The third kappa shape index (κ3) is 4.25. The van der Waals surface area contributed by atoms with E-state index in [0.29, 0.717) is 29.7 Å². The monoisotopic (exact) mass is 359 g/mol. The number of rotatable bonds is 5. The van der Waals surface area contributed by atoms with Crippen LogP contribution in [0.1, 0.15) is 19.3 Å².